The van der Waals surface area contributed by atoms with Gasteiger partial charge in [-0.05, 0) is 11.4 Å². The fourth-order valence-electron chi connectivity index (χ4n) is 0.644. The summed E-state index contributed by atoms with van der Waals surface area (Å²) in [5, 5.41) is 5.45. The molecule has 0 aliphatic carbocycles. The second-order valence-electron chi connectivity index (χ2n) is 2.52. The van der Waals surface area contributed by atoms with Crippen LogP contribution in [0.25, 0.3) is 0 Å². The molecule has 2 amide bonds. The third kappa shape index (κ3) is 8.30. The molecule has 0 aromatic carbocycles. The Kier molecular flexibility index (Phi) is 8.54. The third-order valence-corrected chi connectivity index (χ3v) is 3.03. The van der Waals surface area contributed by atoms with Crippen LogP contribution < -0.4 is 10.6 Å². The summed E-state index contributed by atoms with van der Waals surface area (Å²) in [5.41, 5.74) is 0. The molecule has 2 N–H and O–H groups in total. The highest BCUT2D eigenvalue weighted by atomic mass is 79.9. The van der Waals surface area contributed by atoms with Gasteiger partial charge in [0.25, 0.3) is 0 Å². The molecule has 3 nitrogen and oxygen atoms in total. The molecule has 76 valence electrons. The zero-order chi connectivity index (χ0) is 10.1. The maximum absolute atomic E-state index is 11.1. The average Bonchev–Trinajstić information content (AvgIpc) is 2.14. The first-order valence-corrected chi connectivity index (χ1v) is 5.88. The second kappa shape index (κ2) is 8.56. The summed E-state index contributed by atoms with van der Waals surface area (Å²) >= 11 is 6.41. The molecule has 0 bridgehead atoms. The first-order valence-electron chi connectivity index (χ1n) is 4.17. The third-order valence-electron chi connectivity index (χ3n) is 1.35. The van der Waals surface area contributed by atoms with Crippen molar-refractivity contribution in [3.05, 3.63) is 9.47 Å². The summed E-state index contributed by atoms with van der Waals surface area (Å²) in [6.45, 7) is 3.32. The van der Waals surface area contributed by atoms with Crippen LogP contribution in [0, 0.1) is 0 Å². The van der Waals surface area contributed by atoms with Crippen LogP contribution in [0.3, 0.4) is 0 Å². The number of amides is 2. The SMILES string of the molecule is CCCCNC(=O)NCC(Br)=CBr. The van der Waals surface area contributed by atoms with E-state index in [-0.39, 0.29) is 6.03 Å². The van der Waals surface area contributed by atoms with E-state index in [1.807, 2.05) is 0 Å². The van der Waals surface area contributed by atoms with Gasteiger partial charge in [-0.2, -0.15) is 0 Å². The van der Waals surface area contributed by atoms with E-state index in [9.17, 15) is 4.79 Å². The summed E-state index contributed by atoms with van der Waals surface area (Å²) in [7, 11) is 0. The molecule has 5 heteroatoms. The van der Waals surface area contributed by atoms with Gasteiger partial charge in [0.1, 0.15) is 0 Å². The molecule has 0 aromatic heterocycles. The Bertz CT molecular complexity index is 183. The summed E-state index contributed by atoms with van der Waals surface area (Å²) in [6.07, 6.45) is 2.11. The molecule has 0 spiro atoms. The lowest BCUT2D eigenvalue weighted by Gasteiger charge is -2.05. The fourth-order valence-corrected chi connectivity index (χ4v) is 0.947. The molecule has 0 fully saturated rings. The Balaban J connectivity index is 3.41. The molecule has 0 aliphatic rings. The lowest BCUT2D eigenvalue weighted by atomic mass is 10.3. The van der Waals surface area contributed by atoms with Crippen LogP contribution in [0.2, 0.25) is 0 Å². The minimum absolute atomic E-state index is 0.125. The van der Waals surface area contributed by atoms with E-state index in [0.29, 0.717) is 6.54 Å². The van der Waals surface area contributed by atoms with Crippen LogP contribution in [0.4, 0.5) is 4.79 Å². The quantitative estimate of drug-likeness (QED) is 0.753. The summed E-state index contributed by atoms with van der Waals surface area (Å²) in [6, 6.07) is -0.125. The number of nitrogens with one attached hydrogen (secondary N) is 2. The van der Waals surface area contributed by atoms with E-state index in [0.717, 1.165) is 23.9 Å². The first kappa shape index (κ1) is 13.0. The predicted octanol–water partition coefficient (Wildman–Crippen LogP) is 2.72. The standard InChI is InChI=1S/C8H14Br2N2O/c1-2-3-4-11-8(13)12-6-7(10)5-9/h5H,2-4,6H2,1H3,(H2,11,12,13). The van der Waals surface area contributed by atoms with Gasteiger partial charge >= 0.3 is 6.03 Å². The van der Waals surface area contributed by atoms with E-state index in [2.05, 4.69) is 49.4 Å². The Labute approximate surface area is 95.6 Å². The monoisotopic (exact) mass is 312 g/mol. The fraction of sp³-hybridized carbons (Fsp3) is 0.625. The topological polar surface area (TPSA) is 41.1 Å². The van der Waals surface area contributed by atoms with Crippen molar-refractivity contribution in [2.45, 2.75) is 19.8 Å². The highest BCUT2D eigenvalue weighted by Crippen LogP contribution is 2.04. The van der Waals surface area contributed by atoms with Crippen LogP contribution in [-0.2, 0) is 0 Å². The maximum Gasteiger partial charge on any atom is 0.315 e. The van der Waals surface area contributed by atoms with Crippen LogP contribution >= 0.6 is 31.9 Å². The lowest BCUT2D eigenvalue weighted by Crippen LogP contribution is -2.36. The van der Waals surface area contributed by atoms with Gasteiger partial charge in [-0.3, -0.25) is 0 Å². The molecule has 0 saturated carbocycles. The Hall–Kier alpha value is -0.0300. The van der Waals surface area contributed by atoms with E-state index in [1.165, 1.54) is 0 Å². The molecule has 0 aromatic rings. The van der Waals surface area contributed by atoms with Crippen molar-refractivity contribution in [2.24, 2.45) is 0 Å². The number of halogens is 2. The van der Waals surface area contributed by atoms with E-state index in [4.69, 9.17) is 0 Å². The van der Waals surface area contributed by atoms with Gasteiger partial charge in [-0.1, -0.05) is 45.2 Å². The molecule has 0 saturated heterocycles. The van der Waals surface area contributed by atoms with Crippen molar-refractivity contribution in [3.63, 3.8) is 0 Å². The van der Waals surface area contributed by atoms with Crippen molar-refractivity contribution >= 4 is 37.9 Å². The van der Waals surface area contributed by atoms with Crippen LogP contribution in [0.5, 0.6) is 0 Å². The molecule has 0 heterocycles. The van der Waals surface area contributed by atoms with Crippen molar-refractivity contribution < 1.29 is 4.79 Å². The normalized spacial score (nSPS) is 11.2. The van der Waals surface area contributed by atoms with Gasteiger partial charge in [0.2, 0.25) is 0 Å². The van der Waals surface area contributed by atoms with E-state index >= 15 is 0 Å². The van der Waals surface area contributed by atoms with Gasteiger partial charge < -0.3 is 10.6 Å². The zero-order valence-corrected chi connectivity index (χ0v) is 10.7. The van der Waals surface area contributed by atoms with E-state index in [1.54, 1.807) is 4.99 Å². The number of hydrogen-bond acceptors (Lipinski definition) is 1. The molecule has 13 heavy (non-hydrogen) atoms. The summed E-state index contributed by atoms with van der Waals surface area (Å²) in [5.74, 6) is 0. The van der Waals surface area contributed by atoms with Gasteiger partial charge in [0.15, 0.2) is 0 Å². The van der Waals surface area contributed by atoms with Gasteiger partial charge in [0.05, 0.1) is 6.54 Å². The molecule has 0 radical (unpaired) electrons. The average molecular weight is 314 g/mol. The second-order valence-corrected chi connectivity index (χ2v) is 4.00. The first-order chi connectivity index (χ1) is 6.20. The van der Waals surface area contributed by atoms with Crippen LogP contribution in [-0.4, -0.2) is 19.1 Å². The number of carbonyl (C=O) groups excluding carboxylic acids is 1. The number of unbranched alkanes of at least 4 members (excludes halogenated alkanes) is 1. The van der Waals surface area contributed by atoms with Crippen LogP contribution in [0.1, 0.15) is 19.8 Å². The largest absolute Gasteiger partial charge is 0.338 e. The summed E-state index contributed by atoms with van der Waals surface area (Å²) < 4.78 is 0.901. The minimum atomic E-state index is -0.125. The van der Waals surface area contributed by atoms with Crippen molar-refractivity contribution in [2.75, 3.05) is 13.1 Å². The zero-order valence-electron chi connectivity index (χ0n) is 7.57. The number of hydrogen-bond donors (Lipinski definition) is 2. The molecule has 0 rings (SSSR count). The highest BCUT2D eigenvalue weighted by molar-refractivity contribution is 9.14. The Morgan fingerprint density at radius 2 is 2.15 bits per heavy atom. The summed E-state index contributed by atoms with van der Waals surface area (Å²) in [4.78, 5) is 12.8. The van der Waals surface area contributed by atoms with Gasteiger partial charge in [-0.15, -0.1) is 0 Å². The highest BCUT2D eigenvalue weighted by Gasteiger charge is 1.98. The number of carbonyl (C=O) groups is 1. The van der Waals surface area contributed by atoms with Gasteiger partial charge in [-0.25, -0.2) is 4.79 Å². The molecular weight excluding hydrogens is 300 g/mol. The minimum Gasteiger partial charge on any atom is -0.338 e. The van der Waals surface area contributed by atoms with E-state index < -0.39 is 0 Å². The van der Waals surface area contributed by atoms with Crippen molar-refractivity contribution in [1.82, 2.24) is 10.6 Å². The molecule has 0 atom stereocenters. The maximum atomic E-state index is 11.1. The van der Waals surface area contributed by atoms with Crippen LogP contribution in [0.15, 0.2) is 9.47 Å². The molecule has 0 unspecified atom stereocenters. The van der Waals surface area contributed by atoms with Crippen molar-refractivity contribution in [1.29, 1.82) is 0 Å². The smallest absolute Gasteiger partial charge is 0.315 e. The molecular formula is C8H14Br2N2O. The van der Waals surface area contributed by atoms with Gasteiger partial charge in [0, 0.05) is 11.0 Å². The molecule has 0 aliphatic heterocycles. The Morgan fingerprint density at radius 3 is 2.69 bits per heavy atom. The number of rotatable bonds is 5. The lowest BCUT2D eigenvalue weighted by molar-refractivity contribution is 0.241. The van der Waals surface area contributed by atoms with Crippen molar-refractivity contribution in [3.8, 4) is 0 Å². The Morgan fingerprint density at radius 1 is 1.46 bits per heavy atom. The number of urea groups is 1. The predicted molar refractivity (Wildman–Crippen MR) is 62.2 cm³/mol.